The van der Waals surface area contributed by atoms with Crippen LogP contribution in [0.3, 0.4) is 0 Å². The van der Waals surface area contributed by atoms with Crippen LogP contribution in [0.5, 0.6) is 0 Å². The summed E-state index contributed by atoms with van der Waals surface area (Å²) in [7, 11) is 1.59. The smallest absolute Gasteiger partial charge is 0.239 e. The molecule has 0 radical (unpaired) electrons. The van der Waals surface area contributed by atoms with Gasteiger partial charge in [0.15, 0.2) is 0 Å². The average Bonchev–Trinajstić information content (AvgIpc) is 2.10. The summed E-state index contributed by atoms with van der Waals surface area (Å²) in [6.07, 6.45) is 1.35. The summed E-state index contributed by atoms with van der Waals surface area (Å²) in [6, 6.07) is 0. The molecule has 1 aliphatic carbocycles. The Hall–Kier alpha value is -1.10. The van der Waals surface area contributed by atoms with Crippen LogP contribution in [-0.2, 0) is 9.59 Å². The van der Waals surface area contributed by atoms with E-state index >= 15 is 0 Å². The van der Waals surface area contributed by atoms with Gasteiger partial charge in [0, 0.05) is 20.5 Å². The first kappa shape index (κ1) is 12.0. The molecule has 1 fully saturated rings. The van der Waals surface area contributed by atoms with Gasteiger partial charge in [-0.2, -0.15) is 0 Å². The number of nitrogens with one attached hydrogen (secondary N) is 1. The van der Waals surface area contributed by atoms with Crippen molar-refractivity contribution in [2.45, 2.75) is 25.9 Å². The molecule has 1 rings (SSSR count). The maximum Gasteiger partial charge on any atom is 0.239 e. The van der Waals surface area contributed by atoms with Gasteiger partial charge in [-0.3, -0.25) is 9.59 Å². The second-order valence-corrected chi connectivity index (χ2v) is 4.17. The molecule has 0 aromatic carbocycles. The summed E-state index contributed by atoms with van der Waals surface area (Å²) < 4.78 is 0. The largest absolute Gasteiger partial charge is 0.393 e. The molecule has 0 heterocycles. The lowest BCUT2D eigenvalue weighted by atomic mass is 9.82. The lowest BCUT2D eigenvalue weighted by molar-refractivity contribution is -0.133. The van der Waals surface area contributed by atoms with Crippen LogP contribution in [0.25, 0.3) is 0 Å². The quantitative estimate of drug-likeness (QED) is 0.653. The van der Waals surface area contributed by atoms with Gasteiger partial charge < -0.3 is 15.3 Å². The zero-order valence-corrected chi connectivity index (χ0v) is 9.19. The number of aliphatic hydroxyl groups excluding tert-OH is 1. The summed E-state index contributed by atoms with van der Waals surface area (Å²) in [6.45, 7) is 2.13. The Balaban J connectivity index is 2.11. The van der Waals surface area contributed by atoms with E-state index in [1.165, 1.54) is 11.8 Å². The number of likely N-dealkylation sites (N-methyl/N-ethyl adjacent to an activating group) is 1. The highest BCUT2D eigenvalue weighted by Crippen LogP contribution is 2.25. The minimum atomic E-state index is -0.188. The number of carbonyl (C=O) groups is 2. The molecular weight excluding hydrogens is 196 g/mol. The first-order valence-electron chi connectivity index (χ1n) is 5.15. The van der Waals surface area contributed by atoms with Crippen LogP contribution in [0.1, 0.15) is 19.8 Å². The van der Waals surface area contributed by atoms with E-state index in [-0.39, 0.29) is 24.5 Å². The highest BCUT2D eigenvalue weighted by Gasteiger charge is 2.27. The van der Waals surface area contributed by atoms with Gasteiger partial charge in [-0.15, -0.1) is 0 Å². The van der Waals surface area contributed by atoms with Crippen LogP contribution in [0, 0.1) is 5.92 Å². The second kappa shape index (κ2) is 5.11. The Morgan fingerprint density at radius 2 is 2.07 bits per heavy atom. The number of carbonyl (C=O) groups excluding carboxylic acids is 2. The van der Waals surface area contributed by atoms with Crippen LogP contribution in [-0.4, -0.2) is 48.1 Å². The molecule has 0 aliphatic heterocycles. The van der Waals surface area contributed by atoms with Crippen molar-refractivity contribution < 1.29 is 14.7 Å². The summed E-state index contributed by atoms with van der Waals surface area (Å²) in [4.78, 5) is 23.5. The average molecular weight is 214 g/mol. The maximum absolute atomic E-state index is 11.3. The molecule has 0 atom stereocenters. The van der Waals surface area contributed by atoms with Crippen LogP contribution in [0.2, 0.25) is 0 Å². The number of nitrogens with zero attached hydrogens (tertiary/aromatic N) is 1. The topological polar surface area (TPSA) is 69.6 Å². The van der Waals surface area contributed by atoms with E-state index in [2.05, 4.69) is 5.32 Å². The molecule has 2 N–H and O–H groups in total. The Bertz CT molecular complexity index is 249. The lowest BCUT2D eigenvalue weighted by Gasteiger charge is -2.31. The van der Waals surface area contributed by atoms with Crippen molar-refractivity contribution in [2.75, 3.05) is 20.1 Å². The predicted molar refractivity (Wildman–Crippen MR) is 55.1 cm³/mol. The van der Waals surface area contributed by atoms with Gasteiger partial charge in [0.1, 0.15) is 0 Å². The molecule has 5 nitrogen and oxygen atoms in total. The summed E-state index contributed by atoms with van der Waals surface area (Å²) in [5, 5.41) is 11.8. The van der Waals surface area contributed by atoms with Crippen LogP contribution in [0.15, 0.2) is 0 Å². The highest BCUT2D eigenvalue weighted by atomic mass is 16.3. The van der Waals surface area contributed by atoms with Crippen LogP contribution >= 0.6 is 0 Å². The van der Waals surface area contributed by atoms with Crippen molar-refractivity contribution in [1.82, 2.24) is 10.2 Å². The highest BCUT2D eigenvalue weighted by molar-refractivity contribution is 5.83. The zero-order chi connectivity index (χ0) is 11.4. The molecule has 86 valence electrons. The molecule has 0 bridgehead atoms. The molecule has 1 aliphatic rings. The van der Waals surface area contributed by atoms with Crippen molar-refractivity contribution in [3.05, 3.63) is 0 Å². The number of rotatable bonds is 4. The first-order chi connectivity index (χ1) is 6.99. The van der Waals surface area contributed by atoms with E-state index in [1.807, 2.05) is 0 Å². The number of hydrogen-bond acceptors (Lipinski definition) is 3. The SMILES string of the molecule is CC(=O)N(C)CC(=O)NCC1CC(O)C1. The molecule has 0 aromatic rings. The number of hydrogen-bond donors (Lipinski definition) is 2. The van der Waals surface area contributed by atoms with Crippen molar-refractivity contribution in [2.24, 2.45) is 5.92 Å². The van der Waals surface area contributed by atoms with Gasteiger partial charge in [-0.1, -0.05) is 0 Å². The standard InChI is InChI=1S/C10H18N2O3/c1-7(13)12(2)6-10(15)11-5-8-3-9(14)4-8/h8-9,14H,3-6H2,1-2H3,(H,11,15). The van der Waals surface area contributed by atoms with Crippen LogP contribution < -0.4 is 5.32 Å². The van der Waals surface area contributed by atoms with Gasteiger partial charge >= 0.3 is 0 Å². The van der Waals surface area contributed by atoms with Gasteiger partial charge in [0.25, 0.3) is 0 Å². The first-order valence-corrected chi connectivity index (χ1v) is 5.15. The van der Waals surface area contributed by atoms with Crippen molar-refractivity contribution in [1.29, 1.82) is 0 Å². The van der Waals surface area contributed by atoms with Gasteiger partial charge in [0.05, 0.1) is 12.6 Å². The predicted octanol–water partition coefficient (Wildman–Crippen LogP) is -0.648. The third-order valence-corrected chi connectivity index (χ3v) is 2.72. The fourth-order valence-electron chi connectivity index (χ4n) is 1.51. The minimum Gasteiger partial charge on any atom is -0.393 e. The molecule has 0 spiro atoms. The van der Waals surface area contributed by atoms with Crippen molar-refractivity contribution in [3.8, 4) is 0 Å². The second-order valence-electron chi connectivity index (χ2n) is 4.17. The fraction of sp³-hybridized carbons (Fsp3) is 0.800. The van der Waals surface area contributed by atoms with Crippen molar-refractivity contribution >= 4 is 11.8 Å². The zero-order valence-electron chi connectivity index (χ0n) is 9.19. The molecule has 5 heteroatoms. The van der Waals surface area contributed by atoms with E-state index in [9.17, 15) is 9.59 Å². The normalized spacial score (nSPS) is 24.2. The number of amides is 2. The number of aliphatic hydroxyl groups is 1. The third-order valence-electron chi connectivity index (χ3n) is 2.72. The van der Waals surface area contributed by atoms with E-state index < -0.39 is 0 Å². The Morgan fingerprint density at radius 3 is 2.53 bits per heavy atom. The maximum atomic E-state index is 11.3. The van der Waals surface area contributed by atoms with Gasteiger partial charge in [-0.25, -0.2) is 0 Å². The Labute approximate surface area is 89.4 Å². The Kier molecular flexibility index (Phi) is 4.08. The summed E-state index contributed by atoms with van der Waals surface area (Å²) >= 11 is 0. The molecule has 0 unspecified atom stereocenters. The molecule has 1 saturated carbocycles. The third kappa shape index (κ3) is 3.87. The van der Waals surface area contributed by atoms with Gasteiger partial charge in [-0.05, 0) is 18.8 Å². The molecule has 0 aromatic heterocycles. The van der Waals surface area contributed by atoms with Crippen molar-refractivity contribution in [3.63, 3.8) is 0 Å². The summed E-state index contributed by atoms with van der Waals surface area (Å²) in [5.74, 6) is 0.130. The Morgan fingerprint density at radius 1 is 1.47 bits per heavy atom. The van der Waals surface area contributed by atoms with Gasteiger partial charge in [0.2, 0.25) is 11.8 Å². The fourth-order valence-corrected chi connectivity index (χ4v) is 1.51. The molecule has 2 amide bonds. The van der Waals surface area contributed by atoms with E-state index in [0.29, 0.717) is 12.5 Å². The van der Waals surface area contributed by atoms with E-state index in [0.717, 1.165) is 12.8 Å². The summed E-state index contributed by atoms with van der Waals surface area (Å²) in [5.41, 5.74) is 0. The molecular formula is C10H18N2O3. The molecule has 15 heavy (non-hydrogen) atoms. The van der Waals surface area contributed by atoms with Crippen LogP contribution in [0.4, 0.5) is 0 Å². The monoisotopic (exact) mass is 214 g/mol. The minimum absolute atomic E-state index is 0.102. The molecule has 0 saturated heterocycles. The van der Waals surface area contributed by atoms with E-state index in [4.69, 9.17) is 5.11 Å². The lowest BCUT2D eigenvalue weighted by Crippen LogP contribution is -2.42. The van der Waals surface area contributed by atoms with E-state index in [1.54, 1.807) is 7.05 Å².